The quantitative estimate of drug-likeness (QED) is 0.832. The zero-order valence-corrected chi connectivity index (χ0v) is 10.1. The van der Waals surface area contributed by atoms with Gasteiger partial charge >= 0.3 is 0 Å². The minimum Gasteiger partial charge on any atom is -0.497 e. The Balaban J connectivity index is 1.96. The van der Waals surface area contributed by atoms with Gasteiger partial charge in [0.2, 0.25) is 0 Å². The molecule has 0 radical (unpaired) electrons. The van der Waals surface area contributed by atoms with Crippen LogP contribution in [0.5, 0.6) is 5.75 Å². The van der Waals surface area contributed by atoms with Crippen molar-refractivity contribution < 1.29 is 4.74 Å². The molecule has 1 N–H and O–H groups in total. The fourth-order valence-electron chi connectivity index (χ4n) is 2.20. The van der Waals surface area contributed by atoms with Crippen molar-refractivity contribution in [3.63, 3.8) is 0 Å². The van der Waals surface area contributed by atoms with E-state index in [1.165, 1.54) is 12.0 Å². The van der Waals surface area contributed by atoms with E-state index in [9.17, 15) is 0 Å². The Morgan fingerprint density at radius 2 is 2.38 bits per heavy atom. The van der Waals surface area contributed by atoms with Crippen LogP contribution in [-0.2, 0) is 6.54 Å². The number of benzene rings is 1. The topological polar surface area (TPSA) is 24.5 Å². The molecule has 1 aromatic rings. The highest BCUT2D eigenvalue weighted by molar-refractivity contribution is 5.28. The first kappa shape index (κ1) is 11.4. The lowest BCUT2D eigenvalue weighted by molar-refractivity contribution is 0.248. The molecule has 2 rings (SSSR count). The van der Waals surface area contributed by atoms with Gasteiger partial charge in [0, 0.05) is 19.1 Å². The van der Waals surface area contributed by atoms with Crippen LogP contribution < -0.4 is 10.1 Å². The summed E-state index contributed by atoms with van der Waals surface area (Å²) in [7, 11) is 3.90. The van der Waals surface area contributed by atoms with Crippen LogP contribution in [0.2, 0.25) is 0 Å². The Bertz CT molecular complexity index is 334. The SMILES string of the molecule is COc1cccc(CN(C)C2CCNC2)c1. The minimum absolute atomic E-state index is 0.672. The van der Waals surface area contributed by atoms with E-state index in [-0.39, 0.29) is 0 Å². The van der Waals surface area contributed by atoms with Gasteiger partial charge in [-0.3, -0.25) is 4.90 Å². The Morgan fingerprint density at radius 1 is 1.50 bits per heavy atom. The molecule has 0 aromatic heterocycles. The van der Waals surface area contributed by atoms with Crippen LogP contribution in [0.25, 0.3) is 0 Å². The number of rotatable bonds is 4. The summed E-state index contributed by atoms with van der Waals surface area (Å²) in [6.07, 6.45) is 1.25. The van der Waals surface area contributed by atoms with E-state index in [2.05, 4.69) is 35.5 Å². The predicted molar refractivity (Wildman–Crippen MR) is 65.7 cm³/mol. The summed E-state index contributed by atoms with van der Waals surface area (Å²) in [6.45, 7) is 3.25. The highest BCUT2D eigenvalue weighted by atomic mass is 16.5. The van der Waals surface area contributed by atoms with Crippen LogP contribution in [0.3, 0.4) is 0 Å². The fourth-order valence-corrected chi connectivity index (χ4v) is 2.20. The zero-order valence-electron chi connectivity index (χ0n) is 10.1. The predicted octanol–water partition coefficient (Wildman–Crippen LogP) is 1.49. The van der Waals surface area contributed by atoms with E-state index in [0.29, 0.717) is 6.04 Å². The van der Waals surface area contributed by atoms with E-state index in [4.69, 9.17) is 4.74 Å². The van der Waals surface area contributed by atoms with Crippen molar-refractivity contribution in [2.45, 2.75) is 19.0 Å². The zero-order chi connectivity index (χ0) is 11.4. The molecule has 1 aliphatic heterocycles. The molecule has 0 bridgehead atoms. The van der Waals surface area contributed by atoms with Gasteiger partial charge in [0.15, 0.2) is 0 Å². The molecule has 0 saturated carbocycles. The maximum atomic E-state index is 5.23. The number of nitrogens with zero attached hydrogens (tertiary/aromatic N) is 1. The molecule has 1 fully saturated rings. The first-order chi connectivity index (χ1) is 7.79. The number of nitrogens with one attached hydrogen (secondary N) is 1. The molecule has 88 valence electrons. The summed E-state index contributed by atoms with van der Waals surface area (Å²) in [5, 5.41) is 3.40. The molecule has 1 saturated heterocycles. The van der Waals surface area contributed by atoms with Crippen molar-refractivity contribution in [2.75, 3.05) is 27.2 Å². The molecule has 0 aliphatic carbocycles. The third-order valence-corrected chi connectivity index (χ3v) is 3.22. The minimum atomic E-state index is 0.672. The van der Waals surface area contributed by atoms with Crippen LogP contribution in [0.4, 0.5) is 0 Å². The largest absolute Gasteiger partial charge is 0.497 e. The third kappa shape index (κ3) is 2.74. The number of methoxy groups -OCH3 is 1. The Labute approximate surface area is 97.4 Å². The van der Waals surface area contributed by atoms with E-state index < -0.39 is 0 Å². The van der Waals surface area contributed by atoms with Gasteiger partial charge in [-0.2, -0.15) is 0 Å². The van der Waals surface area contributed by atoms with Crippen molar-refractivity contribution >= 4 is 0 Å². The lowest BCUT2D eigenvalue weighted by Crippen LogP contribution is -2.32. The van der Waals surface area contributed by atoms with E-state index in [1.807, 2.05) is 6.07 Å². The van der Waals surface area contributed by atoms with Crippen molar-refractivity contribution in [2.24, 2.45) is 0 Å². The number of likely N-dealkylation sites (N-methyl/N-ethyl adjacent to an activating group) is 1. The van der Waals surface area contributed by atoms with E-state index in [1.54, 1.807) is 7.11 Å². The van der Waals surface area contributed by atoms with Gasteiger partial charge in [-0.1, -0.05) is 12.1 Å². The van der Waals surface area contributed by atoms with Crippen molar-refractivity contribution in [3.05, 3.63) is 29.8 Å². The smallest absolute Gasteiger partial charge is 0.119 e. The van der Waals surface area contributed by atoms with Crippen LogP contribution in [0.15, 0.2) is 24.3 Å². The molecular weight excluding hydrogens is 200 g/mol. The fraction of sp³-hybridized carbons (Fsp3) is 0.538. The molecule has 16 heavy (non-hydrogen) atoms. The second kappa shape index (κ2) is 5.32. The second-order valence-corrected chi connectivity index (χ2v) is 4.41. The Morgan fingerprint density at radius 3 is 3.06 bits per heavy atom. The van der Waals surface area contributed by atoms with Gasteiger partial charge in [0.05, 0.1) is 7.11 Å². The van der Waals surface area contributed by atoms with E-state index in [0.717, 1.165) is 25.4 Å². The first-order valence-corrected chi connectivity index (χ1v) is 5.83. The Kier molecular flexibility index (Phi) is 3.80. The molecule has 1 atom stereocenters. The molecule has 1 aliphatic rings. The third-order valence-electron chi connectivity index (χ3n) is 3.22. The summed E-state index contributed by atoms with van der Waals surface area (Å²) < 4.78 is 5.23. The van der Waals surface area contributed by atoms with Crippen molar-refractivity contribution in [1.29, 1.82) is 0 Å². The number of hydrogen-bond donors (Lipinski definition) is 1. The molecule has 1 unspecified atom stereocenters. The number of ether oxygens (including phenoxy) is 1. The summed E-state index contributed by atoms with van der Waals surface area (Å²) in [4.78, 5) is 2.41. The van der Waals surface area contributed by atoms with Gasteiger partial charge in [-0.05, 0) is 37.7 Å². The lowest BCUT2D eigenvalue weighted by atomic mass is 10.1. The molecule has 0 amide bonds. The monoisotopic (exact) mass is 220 g/mol. The summed E-state index contributed by atoms with van der Waals surface area (Å²) >= 11 is 0. The summed E-state index contributed by atoms with van der Waals surface area (Å²) in [5.74, 6) is 0.940. The van der Waals surface area contributed by atoms with Crippen molar-refractivity contribution in [1.82, 2.24) is 10.2 Å². The normalized spacial score (nSPS) is 20.3. The maximum absolute atomic E-state index is 5.23. The molecule has 0 spiro atoms. The first-order valence-electron chi connectivity index (χ1n) is 5.83. The van der Waals surface area contributed by atoms with Crippen LogP contribution in [-0.4, -0.2) is 38.2 Å². The highest BCUT2D eigenvalue weighted by Crippen LogP contribution is 2.16. The average molecular weight is 220 g/mol. The molecule has 3 heteroatoms. The number of hydrogen-bond acceptors (Lipinski definition) is 3. The molecule has 1 heterocycles. The standard InChI is InChI=1S/C13H20N2O/c1-15(12-6-7-14-9-12)10-11-4-3-5-13(8-11)16-2/h3-5,8,12,14H,6-7,9-10H2,1-2H3. The van der Waals surface area contributed by atoms with Gasteiger partial charge in [0.25, 0.3) is 0 Å². The summed E-state index contributed by atoms with van der Waals surface area (Å²) in [6, 6.07) is 8.97. The van der Waals surface area contributed by atoms with Crippen molar-refractivity contribution in [3.8, 4) is 5.75 Å². The van der Waals surface area contributed by atoms with E-state index >= 15 is 0 Å². The lowest BCUT2D eigenvalue weighted by Gasteiger charge is -2.23. The van der Waals surface area contributed by atoms with Gasteiger partial charge in [-0.15, -0.1) is 0 Å². The Hall–Kier alpha value is -1.06. The average Bonchev–Trinajstić information content (AvgIpc) is 2.83. The van der Waals surface area contributed by atoms with Crippen LogP contribution >= 0.6 is 0 Å². The molecule has 1 aromatic carbocycles. The van der Waals surface area contributed by atoms with Gasteiger partial charge in [0.1, 0.15) is 5.75 Å². The van der Waals surface area contributed by atoms with Gasteiger partial charge in [-0.25, -0.2) is 0 Å². The van der Waals surface area contributed by atoms with Gasteiger partial charge < -0.3 is 10.1 Å². The molecule has 3 nitrogen and oxygen atoms in total. The summed E-state index contributed by atoms with van der Waals surface area (Å²) in [5.41, 5.74) is 1.31. The second-order valence-electron chi connectivity index (χ2n) is 4.41. The highest BCUT2D eigenvalue weighted by Gasteiger charge is 2.18. The van der Waals surface area contributed by atoms with Crippen LogP contribution in [0.1, 0.15) is 12.0 Å². The van der Waals surface area contributed by atoms with Crippen LogP contribution in [0, 0.1) is 0 Å². The molecular formula is C13H20N2O. The maximum Gasteiger partial charge on any atom is 0.119 e.